The predicted molar refractivity (Wildman–Crippen MR) is 114 cm³/mol. The van der Waals surface area contributed by atoms with Gasteiger partial charge in [0.1, 0.15) is 21.8 Å². The zero-order valence-electron chi connectivity index (χ0n) is 16.8. The molecule has 1 aliphatic rings. The number of halogens is 5. The Morgan fingerprint density at radius 2 is 1.76 bits per heavy atom. The summed E-state index contributed by atoms with van der Waals surface area (Å²) >= 11 is 11.7. The summed E-state index contributed by atoms with van der Waals surface area (Å²) < 4.78 is 91.8. The van der Waals surface area contributed by atoms with Crippen molar-refractivity contribution in [3.63, 3.8) is 0 Å². The maximum Gasteiger partial charge on any atom is 0.416 e. The molecule has 8 nitrogen and oxygen atoms in total. The van der Waals surface area contributed by atoms with Gasteiger partial charge in [-0.1, -0.05) is 23.2 Å². The minimum absolute atomic E-state index is 0.0226. The van der Waals surface area contributed by atoms with Gasteiger partial charge in [0, 0.05) is 13.1 Å². The molecule has 1 heterocycles. The van der Waals surface area contributed by atoms with Crippen molar-refractivity contribution in [3.8, 4) is 6.07 Å². The molecule has 3 rings (SSSR count). The third kappa shape index (κ3) is 4.64. The normalized spacial score (nSPS) is 22.0. The first-order chi connectivity index (χ1) is 15.6. The number of aliphatic hydroxyl groups is 2. The van der Waals surface area contributed by atoms with Crippen molar-refractivity contribution in [2.45, 2.75) is 26.8 Å². The highest BCUT2D eigenvalue weighted by atomic mass is 35.5. The molecule has 0 spiro atoms. The molecule has 0 bridgehead atoms. The maximum atomic E-state index is 13.2. The van der Waals surface area contributed by atoms with Crippen LogP contribution >= 0.6 is 23.2 Å². The Balaban J connectivity index is 2.03. The Bertz CT molecular complexity index is 1390. The van der Waals surface area contributed by atoms with Crippen molar-refractivity contribution in [1.82, 2.24) is 4.31 Å². The molecule has 2 aromatic carbocycles. The Morgan fingerprint density at radius 1 is 1.12 bits per heavy atom. The summed E-state index contributed by atoms with van der Waals surface area (Å²) in [6.45, 7) is -2.86. The van der Waals surface area contributed by atoms with Crippen LogP contribution in [-0.2, 0) is 26.0 Å². The Kier molecular flexibility index (Phi) is 7.02. The lowest BCUT2D eigenvalue weighted by molar-refractivity contribution is -0.137. The van der Waals surface area contributed by atoms with Gasteiger partial charge < -0.3 is 10.2 Å². The van der Waals surface area contributed by atoms with Gasteiger partial charge in [0.15, 0.2) is 9.84 Å². The highest BCUT2D eigenvalue weighted by Crippen LogP contribution is 2.38. The summed E-state index contributed by atoms with van der Waals surface area (Å²) in [5, 5.41) is 26.7. The van der Waals surface area contributed by atoms with Crippen molar-refractivity contribution in [2.75, 3.05) is 19.7 Å². The number of aliphatic hydroxyl groups excluding tert-OH is 1. The standard InChI is InChI=1S/C19H15Cl2F3N2O6S2/c20-14-6-13(3-1-11(14)7-25)33(29,30)17-8-26(9-18(17,28)10-27)34(31,32)16-4-2-12(5-15(16)21)19(22,23)24/h1-6,17,27-28H,8-10H2/t17-,18-/m0/s1. The fourth-order valence-corrected chi connectivity index (χ4v) is 7.89. The van der Waals surface area contributed by atoms with Crippen LogP contribution in [0, 0.1) is 11.3 Å². The van der Waals surface area contributed by atoms with E-state index in [1.54, 1.807) is 6.07 Å². The average Bonchev–Trinajstić information content (AvgIpc) is 3.12. The molecule has 0 unspecified atom stereocenters. The number of rotatable bonds is 5. The number of hydrogen-bond donors (Lipinski definition) is 2. The van der Waals surface area contributed by atoms with E-state index in [1.807, 2.05) is 0 Å². The van der Waals surface area contributed by atoms with Crippen LogP contribution < -0.4 is 0 Å². The van der Waals surface area contributed by atoms with E-state index in [1.165, 1.54) is 0 Å². The van der Waals surface area contributed by atoms with Crippen LogP contribution in [-0.4, -0.2) is 61.9 Å². The number of β-amino-alcohol motifs (C(OH)–C–C–N with tert-alkyl or cyclic N) is 1. The van der Waals surface area contributed by atoms with Crippen LogP contribution in [0.5, 0.6) is 0 Å². The van der Waals surface area contributed by atoms with Gasteiger partial charge in [0.25, 0.3) is 0 Å². The van der Waals surface area contributed by atoms with Gasteiger partial charge in [-0.3, -0.25) is 0 Å². The maximum absolute atomic E-state index is 13.2. The van der Waals surface area contributed by atoms with Gasteiger partial charge in [-0.2, -0.15) is 22.7 Å². The average molecular weight is 559 g/mol. The lowest BCUT2D eigenvalue weighted by Crippen LogP contribution is -2.49. The van der Waals surface area contributed by atoms with Crippen LogP contribution in [0.25, 0.3) is 0 Å². The predicted octanol–water partition coefficient (Wildman–Crippen LogP) is 2.45. The zero-order valence-corrected chi connectivity index (χ0v) is 19.9. The second kappa shape index (κ2) is 8.94. The summed E-state index contributed by atoms with van der Waals surface area (Å²) in [5.41, 5.74) is -3.67. The quantitative estimate of drug-likeness (QED) is 0.575. The molecule has 1 saturated heterocycles. The molecule has 0 aliphatic carbocycles. The smallest absolute Gasteiger partial charge is 0.393 e. The third-order valence-corrected chi connectivity index (χ3v) is 10.2. The summed E-state index contributed by atoms with van der Waals surface area (Å²) in [7, 11) is -9.19. The van der Waals surface area contributed by atoms with Crippen LogP contribution in [0.3, 0.4) is 0 Å². The van der Waals surface area contributed by atoms with Crippen LogP contribution in [0.1, 0.15) is 11.1 Å². The van der Waals surface area contributed by atoms with E-state index in [0.717, 1.165) is 18.2 Å². The van der Waals surface area contributed by atoms with Crippen LogP contribution in [0.2, 0.25) is 10.0 Å². The Labute approximate surface area is 202 Å². The highest BCUT2D eigenvalue weighted by molar-refractivity contribution is 7.92. The van der Waals surface area contributed by atoms with Gasteiger partial charge in [0.2, 0.25) is 10.0 Å². The number of nitriles is 1. The van der Waals surface area contributed by atoms with E-state index in [2.05, 4.69) is 0 Å². The number of nitrogens with zero attached hydrogens (tertiary/aromatic N) is 2. The van der Waals surface area contributed by atoms with E-state index >= 15 is 0 Å². The van der Waals surface area contributed by atoms with Gasteiger partial charge in [-0.25, -0.2) is 16.8 Å². The largest absolute Gasteiger partial charge is 0.416 e. The van der Waals surface area contributed by atoms with Crippen molar-refractivity contribution >= 4 is 43.1 Å². The lowest BCUT2D eigenvalue weighted by atomic mass is 10.1. The molecular formula is C19H15Cl2F3N2O6S2. The molecule has 0 radical (unpaired) electrons. The third-order valence-electron chi connectivity index (χ3n) is 5.33. The van der Waals surface area contributed by atoms with E-state index < -0.39 is 77.0 Å². The Hall–Kier alpha value is -1.92. The first-order valence-electron chi connectivity index (χ1n) is 9.21. The Morgan fingerprint density at radius 3 is 2.26 bits per heavy atom. The summed E-state index contributed by atoms with van der Waals surface area (Å²) in [6, 6.07) is 6.41. The number of hydrogen-bond acceptors (Lipinski definition) is 7. The van der Waals surface area contributed by atoms with Crippen molar-refractivity contribution in [2.24, 2.45) is 0 Å². The number of sulfonamides is 1. The van der Waals surface area contributed by atoms with E-state index in [-0.39, 0.29) is 10.6 Å². The highest BCUT2D eigenvalue weighted by Gasteiger charge is 2.55. The van der Waals surface area contributed by atoms with Crippen molar-refractivity contribution < 1.29 is 40.2 Å². The number of sulfone groups is 1. The molecule has 0 aromatic heterocycles. The van der Waals surface area contributed by atoms with Crippen molar-refractivity contribution in [1.29, 1.82) is 5.26 Å². The molecule has 15 heteroatoms. The minimum Gasteiger partial charge on any atom is -0.393 e. The first-order valence-corrected chi connectivity index (χ1v) is 13.0. The molecule has 0 amide bonds. The zero-order chi connectivity index (χ0) is 25.7. The monoisotopic (exact) mass is 558 g/mol. The molecule has 2 N–H and O–H groups in total. The van der Waals surface area contributed by atoms with E-state index in [4.69, 9.17) is 28.5 Å². The summed E-state index contributed by atoms with van der Waals surface area (Å²) in [5.74, 6) is 0. The molecule has 1 aliphatic heterocycles. The fraction of sp³-hybridized carbons (Fsp3) is 0.316. The van der Waals surface area contributed by atoms with Gasteiger partial charge in [-0.05, 0) is 36.4 Å². The molecule has 0 saturated carbocycles. The summed E-state index contributed by atoms with van der Waals surface area (Å²) in [4.78, 5) is -1.16. The first kappa shape index (κ1) is 26.7. The SMILES string of the molecule is N#Cc1ccc(S(=O)(=O)[C@H]2CN(S(=O)(=O)c3ccc(C(F)(F)F)cc3Cl)C[C@]2(O)CO)cc1Cl. The summed E-state index contributed by atoms with van der Waals surface area (Å²) in [6.07, 6.45) is -4.78. The molecular weight excluding hydrogens is 544 g/mol. The second-order valence-corrected chi connectivity index (χ2v) is 12.3. The minimum atomic E-state index is -4.78. The molecule has 184 valence electrons. The molecule has 2 aromatic rings. The van der Waals surface area contributed by atoms with Crippen LogP contribution in [0.4, 0.5) is 13.2 Å². The second-order valence-electron chi connectivity index (χ2n) is 7.49. The molecule has 2 atom stereocenters. The van der Waals surface area contributed by atoms with E-state index in [9.17, 15) is 40.2 Å². The topological polar surface area (TPSA) is 136 Å². The number of benzene rings is 2. The van der Waals surface area contributed by atoms with Gasteiger partial charge >= 0.3 is 6.18 Å². The molecule has 1 fully saturated rings. The van der Waals surface area contributed by atoms with Gasteiger partial charge in [0.05, 0.1) is 32.7 Å². The lowest BCUT2D eigenvalue weighted by Gasteiger charge is -2.26. The van der Waals surface area contributed by atoms with E-state index in [0.29, 0.717) is 22.5 Å². The number of alkyl halides is 3. The molecule has 34 heavy (non-hydrogen) atoms. The fourth-order valence-electron chi connectivity index (χ4n) is 3.50. The van der Waals surface area contributed by atoms with Crippen LogP contribution in [0.15, 0.2) is 46.2 Å². The van der Waals surface area contributed by atoms with Crippen molar-refractivity contribution in [3.05, 3.63) is 57.6 Å². The van der Waals surface area contributed by atoms with Gasteiger partial charge in [-0.15, -0.1) is 0 Å².